The fourth-order valence-electron chi connectivity index (χ4n) is 10.0. The molecule has 0 aromatic heterocycles. The molecular weight excluding hydrogens is 1170 g/mol. The topological polar surface area (TPSA) is 465 Å². The number of aliphatic carboxylic acids is 3. The van der Waals surface area contributed by atoms with E-state index in [-0.39, 0.29) is 69.8 Å². The predicted molar refractivity (Wildman–Crippen MR) is 315 cm³/mol. The number of nitrogens with one attached hydrogen (secondary N) is 7. The van der Waals surface area contributed by atoms with Crippen molar-refractivity contribution in [3.63, 3.8) is 0 Å². The van der Waals surface area contributed by atoms with E-state index in [1.54, 1.807) is 79.4 Å². The summed E-state index contributed by atoms with van der Waals surface area (Å²) in [6.45, 7) is 4.73. The number of thioether (sulfide) groups is 1. The molecule has 2 aromatic carbocycles. The van der Waals surface area contributed by atoms with Crippen LogP contribution in [0.25, 0.3) is 0 Å². The quantitative estimate of drug-likeness (QED) is 0.0226. The van der Waals surface area contributed by atoms with Crippen molar-refractivity contribution in [2.75, 3.05) is 38.5 Å². The molecule has 12 atom stereocenters. The Bertz CT molecular complexity index is 2710. The number of hydrogen-bond acceptors (Lipinski definition) is 18. The summed E-state index contributed by atoms with van der Waals surface area (Å²) in [5, 5.41) is 85.8. The van der Waals surface area contributed by atoms with Gasteiger partial charge in [0.2, 0.25) is 53.2 Å². The van der Waals surface area contributed by atoms with Gasteiger partial charge < -0.3 is 78.7 Å². The van der Waals surface area contributed by atoms with E-state index in [4.69, 9.17) is 0 Å². The van der Waals surface area contributed by atoms with Crippen molar-refractivity contribution in [2.24, 2.45) is 5.92 Å². The number of hydrogen-bond donors (Lipinski definition) is 15. The molecule has 0 saturated carbocycles. The number of carboxylic acids is 3. The van der Waals surface area contributed by atoms with E-state index < -0.39 is 169 Å². The highest BCUT2D eigenvalue weighted by molar-refractivity contribution is 8.00. The normalized spacial score (nSPS) is 20.1. The number of benzene rings is 2. The Labute approximate surface area is 513 Å². The van der Waals surface area contributed by atoms with Crippen LogP contribution < -0.4 is 43.0 Å². The second-order valence-electron chi connectivity index (χ2n) is 22.3. The van der Waals surface area contributed by atoms with Crippen molar-refractivity contribution in [1.29, 1.82) is 0 Å². The largest absolute Gasteiger partial charge is 0.481 e. The number of aliphatic hydroxyl groups excluding tert-OH is 4. The smallest absolute Gasteiger partial charge is 0.326 e. The van der Waals surface area contributed by atoms with E-state index in [2.05, 4.69) is 43.0 Å². The molecule has 486 valence electrons. The van der Waals surface area contributed by atoms with Gasteiger partial charge in [-0.05, 0) is 68.5 Å². The Balaban J connectivity index is 1.55. The van der Waals surface area contributed by atoms with Gasteiger partial charge in [-0.2, -0.15) is 0 Å². The van der Waals surface area contributed by atoms with Crippen LogP contribution in [0.4, 0.5) is 0 Å². The number of nitrogens with zero attached hydrogens (tertiary/aromatic N) is 2. The van der Waals surface area contributed by atoms with Crippen molar-refractivity contribution in [1.82, 2.24) is 47.0 Å². The third kappa shape index (κ3) is 23.8. The highest BCUT2D eigenvalue weighted by Crippen LogP contribution is 2.27. The van der Waals surface area contributed by atoms with Gasteiger partial charge in [-0.15, -0.1) is 11.8 Å². The number of likely N-dealkylation sites (tertiary alicyclic amines) is 2. The van der Waals surface area contributed by atoms with Gasteiger partial charge in [0.15, 0.2) is 0 Å². The van der Waals surface area contributed by atoms with E-state index >= 15 is 0 Å². The summed E-state index contributed by atoms with van der Waals surface area (Å²) in [6, 6.07) is 5.05. The van der Waals surface area contributed by atoms with Crippen molar-refractivity contribution in [3.8, 4) is 0 Å². The number of aliphatic hydroxyl groups is 4. The average Bonchev–Trinajstić information content (AvgIpc) is 2.92. The molecule has 2 saturated heterocycles. The monoisotopic (exact) mass is 1260 g/mol. The third-order valence-corrected chi connectivity index (χ3v) is 16.0. The zero-order valence-electron chi connectivity index (χ0n) is 49.5. The summed E-state index contributed by atoms with van der Waals surface area (Å²) < 4.78 is 0. The summed E-state index contributed by atoms with van der Waals surface area (Å²) in [4.78, 5) is 163. The molecule has 0 radical (unpaired) electrons. The van der Waals surface area contributed by atoms with Crippen LogP contribution in [0.1, 0.15) is 96.1 Å². The standard InChI is InChI=1S/C58H84N10O19S/c1-32(2)24-41(58(86)87)66-52(80)37(19-20-47(73)74)62-55(83)40(27-48(75)76)65-51(79)36(18-10-11-21-59)61-53(81)38(25-34-14-6-4-7-15-34)63-54(82)39(26-35-16-8-5-9-17-35)64-56(84)42(60-33(3)70)31-88-45-28-46(72)68(57(45)85)23-13-12-22-67-29-44(71)50(78)49(77)43(67)30-69/h4-9,14-17,32,36-45,49-50,69,71,77-78H,10-13,18-31,59H2,1-3H3,(H,60,70)(H,61,81)(H,62,83)(H,63,82)(H,64,84)(H,65,79)(H,66,80)(H,73,74)(H,75,76)(H,86,87)/p+1/t36?,37?,38?,39?,40?,41?,42?,43-,44+,45?,49+,50-/m1/s1. The lowest BCUT2D eigenvalue weighted by Gasteiger charge is -2.43. The SMILES string of the molecule is CC(=O)NC(CSC1CC(=O)N(CCCCN2C[C@H](O)[C@@H](O)[C@@H](O)[C@H]2CO)C1=O)C(=O)NC(Cc1ccccc1)C(=O)NC(Cc1ccccc1)C(=O)NC(CCCC[NH3+])C(=O)NC(CC(=O)O)C(=O)NC(CCC(=O)O)C(=O)NC(CC(C)C)C(=O)O. The van der Waals surface area contributed by atoms with E-state index in [1.165, 1.54) is 0 Å². The number of β-amino-alcohol motifs (C(OH)–C–C–N with tert-alkyl or cyclic N) is 1. The molecule has 2 aliphatic rings. The number of carbonyl (C=O) groups is 12. The Morgan fingerprint density at radius 3 is 1.59 bits per heavy atom. The van der Waals surface area contributed by atoms with Crippen LogP contribution in [0.2, 0.25) is 0 Å². The molecule has 2 aliphatic heterocycles. The zero-order valence-corrected chi connectivity index (χ0v) is 50.4. The van der Waals surface area contributed by atoms with E-state index in [9.17, 15) is 93.3 Å². The van der Waals surface area contributed by atoms with Crippen molar-refractivity contribution >= 4 is 82.8 Å². The molecule has 0 spiro atoms. The number of amides is 9. The number of rotatable bonds is 38. The molecule has 4 rings (SSSR count). The fraction of sp³-hybridized carbons (Fsp3) is 0.586. The molecule has 17 N–H and O–H groups in total. The van der Waals surface area contributed by atoms with Gasteiger partial charge >= 0.3 is 17.9 Å². The fourth-order valence-corrected chi connectivity index (χ4v) is 11.2. The maximum absolute atomic E-state index is 14.7. The van der Waals surface area contributed by atoms with Crippen LogP contribution in [0.15, 0.2) is 60.7 Å². The molecule has 88 heavy (non-hydrogen) atoms. The van der Waals surface area contributed by atoms with Crippen molar-refractivity contribution in [2.45, 2.75) is 170 Å². The first-order valence-electron chi connectivity index (χ1n) is 29.2. The van der Waals surface area contributed by atoms with Gasteiger partial charge in [-0.25, -0.2) is 4.79 Å². The molecule has 8 unspecified atom stereocenters. The van der Waals surface area contributed by atoms with Crippen LogP contribution in [0.5, 0.6) is 0 Å². The zero-order chi connectivity index (χ0) is 65.2. The van der Waals surface area contributed by atoms with Crippen LogP contribution in [-0.2, 0) is 70.4 Å². The summed E-state index contributed by atoms with van der Waals surface area (Å²) in [5.41, 5.74) is 4.89. The van der Waals surface area contributed by atoms with Gasteiger partial charge in [0.1, 0.15) is 54.5 Å². The molecule has 0 aliphatic carbocycles. The van der Waals surface area contributed by atoms with Crippen LogP contribution in [-0.4, -0.2) is 227 Å². The minimum absolute atomic E-state index is 0.0149. The molecule has 2 fully saturated rings. The first-order chi connectivity index (χ1) is 41.7. The first kappa shape index (κ1) is 72.9. The minimum atomic E-state index is -1.94. The lowest BCUT2D eigenvalue weighted by molar-refractivity contribution is -0.368. The maximum Gasteiger partial charge on any atom is 0.326 e. The second-order valence-corrected chi connectivity index (χ2v) is 23.5. The Hall–Kier alpha value is -7.61. The van der Waals surface area contributed by atoms with Crippen LogP contribution >= 0.6 is 11.8 Å². The van der Waals surface area contributed by atoms with Gasteiger partial charge in [0, 0.05) is 51.4 Å². The molecule has 2 aromatic rings. The Kier molecular flexibility index (Phi) is 30.3. The van der Waals surface area contributed by atoms with Gasteiger partial charge in [0.05, 0.1) is 37.0 Å². The molecular formula is C58H85N10O19S+. The number of unbranched alkanes of at least 4 members (excludes halogenated alkanes) is 2. The van der Waals surface area contributed by atoms with Crippen LogP contribution in [0.3, 0.4) is 0 Å². The Morgan fingerprint density at radius 1 is 0.602 bits per heavy atom. The number of imide groups is 1. The number of carbonyl (C=O) groups excluding carboxylic acids is 9. The highest BCUT2D eigenvalue weighted by Gasteiger charge is 2.43. The summed E-state index contributed by atoms with van der Waals surface area (Å²) in [6.07, 6.45) is -5.71. The minimum Gasteiger partial charge on any atom is -0.481 e. The lowest BCUT2D eigenvalue weighted by Crippen LogP contribution is -2.62. The van der Waals surface area contributed by atoms with Gasteiger partial charge in [-0.3, -0.25) is 62.5 Å². The Morgan fingerprint density at radius 2 is 1.09 bits per heavy atom. The number of piperidine rings is 1. The van der Waals surface area contributed by atoms with Crippen molar-refractivity contribution < 1.29 is 99.0 Å². The van der Waals surface area contributed by atoms with E-state index in [1.807, 2.05) is 0 Å². The molecule has 30 heteroatoms. The summed E-state index contributed by atoms with van der Waals surface area (Å²) in [5.74, 6) is -12.6. The van der Waals surface area contributed by atoms with E-state index in [0.717, 1.165) is 23.6 Å². The number of carboxylic acid groups (broad SMARTS) is 3. The number of quaternary nitrogens is 1. The highest BCUT2D eigenvalue weighted by atomic mass is 32.2. The molecule has 0 bridgehead atoms. The van der Waals surface area contributed by atoms with Gasteiger partial charge in [-0.1, -0.05) is 74.5 Å². The molecule has 29 nitrogen and oxygen atoms in total. The molecule has 2 heterocycles. The van der Waals surface area contributed by atoms with E-state index in [0.29, 0.717) is 36.9 Å². The summed E-state index contributed by atoms with van der Waals surface area (Å²) in [7, 11) is 0. The van der Waals surface area contributed by atoms with Crippen molar-refractivity contribution in [3.05, 3.63) is 71.8 Å². The third-order valence-electron chi connectivity index (χ3n) is 14.7. The van der Waals surface area contributed by atoms with Crippen LogP contribution in [0, 0.1) is 5.92 Å². The average molecular weight is 1260 g/mol. The predicted octanol–water partition coefficient (Wildman–Crippen LogP) is -3.83. The first-order valence-corrected chi connectivity index (χ1v) is 30.3. The lowest BCUT2D eigenvalue weighted by atomic mass is 9.94. The second kappa shape index (κ2) is 36.6. The maximum atomic E-state index is 14.7. The van der Waals surface area contributed by atoms with Gasteiger partial charge in [0.25, 0.3) is 0 Å². The molecule has 9 amide bonds. The summed E-state index contributed by atoms with van der Waals surface area (Å²) >= 11 is 0.935.